The van der Waals surface area contributed by atoms with E-state index in [0.717, 1.165) is 33.9 Å². The summed E-state index contributed by atoms with van der Waals surface area (Å²) in [5.41, 5.74) is 4.24. The summed E-state index contributed by atoms with van der Waals surface area (Å²) < 4.78 is 0. The molecule has 2 N–H and O–H groups in total. The Bertz CT molecular complexity index is 756. The Kier molecular flexibility index (Phi) is 1.91. The molecule has 0 saturated heterocycles. The maximum Gasteiger partial charge on any atom is 0.128 e. The highest BCUT2D eigenvalue weighted by atomic mass is 16.3. The third-order valence-electron chi connectivity index (χ3n) is 4.79. The van der Waals surface area contributed by atoms with E-state index in [4.69, 9.17) is 0 Å². The largest absolute Gasteiger partial charge is 0.507 e. The molecule has 2 aromatic carbocycles. The Morgan fingerprint density at radius 2 is 1.84 bits per heavy atom. The van der Waals surface area contributed by atoms with Crippen LogP contribution in [0.15, 0.2) is 29.8 Å². The number of benzene rings is 2. The molecule has 2 aliphatic carbocycles. The van der Waals surface area contributed by atoms with Gasteiger partial charge in [0.15, 0.2) is 0 Å². The summed E-state index contributed by atoms with van der Waals surface area (Å²) >= 11 is 0. The Balaban J connectivity index is 2.19. The Labute approximate surface area is 112 Å². The molecule has 2 atom stereocenters. The van der Waals surface area contributed by atoms with Gasteiger partial charge in [-0.25, -0.2) is 0 Å². The SMILES string of the molecule is CC1=CC2CC1c1c2c(O)c2c(C)cccc2c1O. The van der Waals surface area contributed by atoms with Crippen molar-refractivity contribution in [2.75, 3.05) is 0 Å². The van der Waals surface area contributed by atoms with Crippen molar-refractivity contribution >= 4 is 10.8 Å². The van der Waals surface area contributed by atoms with E-state index in [-0.39, 0.29) is 11.8 Å². The van der Waals surface area contributed by atoms with Crippen LogP contribution in [0.1, 0.15) is 41.9 Å². The Morgan fingerprint density at radius 1 is 1.05 bits per heavy atom. The van der Waals surface area contributed by atoms with Crippen LogP contribution in [0.2, 0.25) is 0 Å². The summed E-state index contributed by atoms with van der Waals surface area (Å²) in [6.45, 7) is 4.09. The van der Waals surface area contributed by atoms with Crippen molar-refractivity contribution in [1.82, 2.24) is 0 Å². The normalized spacial score (nSPS) is 23.8. The van der Waals surface area contributed by atoms with Crippen molar-refractivity contribution in [3.8, 4) is 11.5 Å². The molecular weight excluding hydrogens is 236 g/mol. The molecule has 2 bridgehead atoms. The molecule has 0 aromatic heterocycles. The van der Waals surface area contributed by atoms with Gasteiger partial charge in [0.1, 0.15) is 11.5 Å². The molecule has 0 aliphatic heterocycles. The molecule has 2 nitrogen and oxygen atoms in total. The van der Waals surface area contributed by atoms with E-state index in [2.05, 4.69) is 13.0 Å². The van der Waals surface area contributed by atoms with Gasteiger partial charge in [0, 0.05) is 33.7 Å². The zero-order valence-electron chi connectivity index (χ0n) is 11.1. The summed E-state index contributed by atoms with van der Waals surface area (Å²) in [5.74, 6) is 1.30. The quantitative estimate of drug-likeness (QED) is 0.547. The lowest BCUT2D eigenvalue weighted by atomic mass is 9.87. The highest BCUT2D eigenvalue weighted by Gasteiger charge is 2.41. The van der Waals surface area contributed by atoms with Crippen molar-refractivity contribution in [3.63, 3.8) is 0 Å². The molecule has 0 radical (unpaired) electrons. The first-order chi connectivity index (χ1) is 9.09. The van der Waals surface area contributed by atoms with Gasteiger partial charge in [0.25, 0.3) is 0 Å². The average molecular weight is 252 g/mol. The average Bonchev–Trinajstić information content (AvgIpc) is 2.92. The van der Waals surface area contributed by atoms with Gasteiger partial charge in [0.2, 0.25) is 0 Å². The zero-order valence-corrected chi connectivity index (χ0v) is 11.1. The zero-order chi connectivity index (χ0) is 13.3. The van der Waals surface area contributed by atoms with Crippen LogP contribution in [0, 0.1) is 6.92 Å². The molecule has 2 heteroatoms. The Hall–Kier alpha value is -1.96. The lowest BCUT2D eigenvalue weighted by Gasteiger charge is -2.20. The summed E-state index contributed by atoms with van der Waals surface area (Å²) in [7, 11) is 0. The summed E-state index contributed by atoms with van der Waals surface area (Å²) in [5, 5.41) is 22.8. The van der Waals surface area contributed by atoms with E-state index in [9.17, 15) is 10.2 Å². The predicted octanol–water partition coefficient (Wildman–Crippen LogP) is 4.09. The van der Waals surface area contributed by atoms with Crippen LogP contribution in [0.4, 0.5) is 0 Å². The summed E-state index contributed by atoms with van der Waals surface area (Å²) in [6, 6.07) is 5.80. The second kappa shape index (κ2) is 3.32. The number of hydrogen-bond donors (Lipinski definition) is 2. The minimum atomic E-state index is 0.273. The van der Waals surface area contributed by atoms with Crippen LogP contribution in [0.25, 0.3) is 10.8 Å². The predicted molar refractivity (Wildman–Crippen MR) is 75.9 cm³/mol. The number of hydrogen-bond acceptors (Lipinski definition) is 2. The van der Waals surface area contributed by atoms with Gasteiger partial charge in [-0.15, -0.1) is 0 Å². The van der Waals surface area contributed by atoms with Gasteiger partial charge in [-0.3, -0.25) is 0 Å². The van der Waals surface area contributed by atoms with Crippen molar-refractivity contribution in [2.45, 2.75) is 32.1 Å². The Morgan fingerprint density at radius 3 is 2.63 bits per heavy atom. The van der Waals surface area contributed by atoms with Crippen molar-refractivity contribution < 1.29 is 10.2 Å². The molecule has 0 amide bonds. The fourth-order valence-electron chi connectivity index (χ4n) is 3.93. The van der Waals surface area contributed by atoms with E-state index in [1.54, 1.807) is 0 Å². The number of allylic oxidation sites excluding steroid dienone is 2. The molecule has 2 aromatic rings. The number of fused-ring (bicyclic) bond motifs is 6. The van der Waals surface area contributed by atoms with E-state index < -0.39 is 0 Å². The molecule has 2 unspecified atom stereocenters. The van der Waals surface area contributed by atoms with Crippen molar-refractivity contribution in [1.29, 1.82) is 0 Å². The van der Waals surface area contributed by atoms with E-state index in [1.165, 1.54) is 5.57 Å². The van der Waals surface area contributed by atoms with Crippen LogP contribution < -0.4 is 0 Å². The summed E-state index contributed by atoms with van der Waals surface area (Å²) in [6.07, 6.45) is 3.23. The second-order valence-corrected chi connectivity index (χ2v) is 5.83. The number of aryl methyl sites for hydroxylation is 1. The summed E-state index contributed by atoms with van der Waals surface area (Å²) in [4.78, 5) is 0. The van der Waals surface area contributed by atoms with Gasteiger partial charge in [-0.1, -0.05) is 29.8 Å². The van der Waals surface area contributed by atoms with Crippen molar-refractivity contribution in [2.24, 2.45) is 0 Å². The van der Waals surface area contributed by atoms with Crippen molar-refractivity contribution in [3.05, 3.63) is 46.5 Å². The number of rotatable bonds is 0. The lowest BCUT2D eigenvalue weighted by molar-refractivity contribution is 0.459. The van der Waals surface area contributed by atoms with E-state index in [1.807, 2.05) is 25.1 Å². The van der Waals surface area contributed by atoms with Gasteiger partial charge in [-0.2, -0.15) is 0 Å². The molecule has 0 fully saturated rings. The fraction of sp³-hybridized carbons (Fsp3) is 0.294. The number of aromatic hydroxyl groups is 2. The van der Waals surface area contributed by atoms with Gasteiger partial charge in [-0.05, 0) is 25.8 Å². The third-order valence-corrected chi connectivity index (χ3v) is 4.79. The van der Waals surface area contributed by atoms with Gasteiger partial charge >= 0.3 is 0 Å². The van der Waals surface area contributed by atoms with E-state index >= 15 is 0 Å². The molecule has 4 rings (SSSR count). The van der Waals surface area contributed by atoms with Crippen LogP contribution in [0.3, 0.4) is 0 Å². The third kappa shape index (κ3) is 1.17. The maximum atomic E-state index is 10.6. The smallest absolute Gasteiger partial charge is 0.128 e. The van der Waals surface area contributed by atoms with Crippen LogP contribution in [-0.2, 0) is 0 Å². The van der Waals surface area contributed by atoms with Gasteiger partial charge < -0.3 is 10.2 Å². The second-order valence-electron chi connectivity index (χ2n) is 5.83. The molecular formula is C17H16O2. The number of phenols is 2. The standard InChI is InChI=1S/C17H16O2/c1-8-4-3-5-11-13(8)17(19)14-10-6-9(2)12(7-10)15(14)16(11)18/h3-6,10,12,18-19H,7H2,1-2H3. The molecule has 96 valence electrons. The fourth-order valence-corrected chi connectivity index (χ4v) is 3.93. The maximum absolute atomic E-state index is 10.6. The van der Waals surface area contributed by atoms with Gasteiger partial charge in [0.05, 0.1) is 0 Å². The molecule has 19 heavy (non-hydrogen) atoms. The molecule has 0 saturated carbocycles. The van der Waals surface area contributed by atoms with Crippen LogP contribution >= 0.6 is 0 Å². The minimum Gasteiger partial charge on any atom is -0.507 e. The monoisotopic (exact) mass is 252 g/mol. The first-order valence-electron chi connectivity index (χ1n) is 6.75. The van der Waals surface area contributed by atoms with Crippen LogP contribution in [0.5, 0.6) is 11.5 Å². The molecule has 0 spiro atoms. The molecule has 0 heterocycles. The molecule has 2 aliphatic rings. The first kappa shape index (κ1) is 10.9. The highest BCUT2D eigenvalue weighted by Crippen LogP contribution is 2.60. The van der Waals surface area contributed by atoms with Crippen LogP contribution in [-0.4, -0.2) is 10.2 Å². The first-order valence-corrected chi connectivity index (χ1v) is 6.75. The minimum absolute atomic E-state index is 0.273. The topological polar surface area (TPSA) is 40.5 Å². The number of phenolic OH excluding ortho intramolecular Hbond substituents is 2. The highest BCUT2D eigenvalue weighted by molar-refractivity contribution is 5.99. The lowest BCUT2D eigenvalue weighted by Crippen LogP contribution is -1.99. The van der Waals surface area contributed by atoms with E-state index in [0.29, 0.717) is 11.5 Å².